The molecule has 0 aliphatic heterocycles. The maximum Gasteiger partial charge on any atom is 0.306 e. The Bertz CT molecular complexity index is 614. The Morgan fingerprint density at radius 3 is 2.74 bits per heavy atom. The summed E-state index contributed by atoms with van der Waals surface area (Å²) in [5, 5.41) is 13.9. The summed E-state index contributed by atoms with van der Waals surface area (Å²) in [4.78, 5) is 10.9. The maximum absolute atomic E-state index is 13.1. The second-order valence-corrected chi connectivity index (χ2v) is 5.10. The van der Waals surface area contributed by atoms with E-state index in [1.807, 2.05) is 0 Å². The molecule has 1 heterocycles. The summed E-state index contributed by atoms with van der Waals surface area (Å²) < 4.78 is 18.2. The van der Waals surface area contributed by atoms with Crippen molar-refractivity contribution in [2.45, 2.75) is 31.6 Å². The van der Waals surface area contributed by atoms with E-state index < -0.39 is 5.97 Å². The molecule has 1 fully saturated rings. The summed E-state index contributed by atoms with van der Waals surface area (Å²) in [6, 6.07) is 4.40. The zero-order valence-electron chi connectivity index (χ0n) is 10.3. The molecule has 2 aromatic rings. The average molecular weight is 263 g/mol. The molecular formula is C14H14FNO3. The molecule has 0 bridgehead atoms. The number of carboxylic acid groups (broad SMARTS) is 1. The van der Waals surface area contributed by atoms with Crippen LogP contribution in [0.25, 0.3) is 11.0 Å². The average Bonchev–Trinajstić information content (AvgIpc) is 2.81. The molecule has 1 aliphatic carbocycles. The SMILES string of the molecule is O=C(O)[C@H]1CC[C@H](c2noc3cc(F)ccc32)CC1. The van der Waals surface area contributed by atoms with E-state index in [0.29, 0.717) is 18.4 Å². The van der Waals surface area contributed by atoms with E-state index >= 15 is 0 Å². The van der Waals surface area contributed by atoms with Crippen LogP contribution in [0, 0.1) is 11.7 Å². The van der Waals surface area contributed by atoms with Gasteiger partial charge in [-0.2, -0.15) is 0 Å². The van der Waals surface area contributed by atoms with Crippen molar-refractivity contribution in [3.8, 4) is 0 Å². The molecule has 0 unspecified atom stereocenters. The van der Waals surface area contributed by atoms with Crippen molar-refractivity contribution >= 4 is 16.9 Å². The van der Waals surface area contributed by atoms with Crippen molar-refractivity contribution in [2.75, 3.05) is 0 Å². The van der Waals surface area contributed by atoms with E-state index in [2.05, 4.69) is 5.16 Å². The highest BCUT2D eigenvalue weighted by atomic mass is 19.1. The molecular weight excluding hydrogens is 249 g/mol. The first kappa shape index (κ1) is 12.1. The predicted molar refractivity (Wildman–Crippen MR) is 66.3 cm³/mol. The van der Waals surface area contributed by atoms with Crippen LogP contribution in [0.3, 0.4) is 0 Å². The molecule has 100 valence electrons. The number of hydrogen-bond donors (Lipinski definition) is 1. The van der Waals surface area contributed by atoms with Crippen LogP contribution in [0.1, 0.15) is 37.3 Å². The lowest BCUT2D eigenvalue weighted by Crippen LogP contribution is -2.20. The van der Waals surface area contributed by atoms with Crippen molar-refractivity contribution in [2.24, 2.45) is 5.92 Å². The summed E-state index contributed by atoms with van der Waals surface area (Å²) in [6.07, 6.45) is 2.90. The lowest BCUT2D eigenvalue weighted by Gasteiger charge is -2.24. The zero-order valence-corrected chi connectivity index (χ0v) is 10.3. The first-order valence-corrected chi connectivity index (χ1v) is 6.43. The molecule has 1 N–H and O–H groups in total. The molecule has 1 aromatic heterocycles. The van der Waals surface area contributed by atoms with Crippen molar-refractivity contribution in [3.05, 3.63) is 29.7 Å². The van der Waals surface area contributed by atoms with Crippen molar-refractivity contribution in [1.29, 1.82) is 0 Å². The van der Waals surface area contributed by atoms with Gasteiger partial charge in [0.05, 0.1) is 11.6 Å². The van der Waals surface area contributed by atoms with Gasteiger partial charge in [-0.3, -0.25) is 4.79 Å². The molecule has 0 amide bonds. The number of halogens is 1. The molecule has 1 aromatic carbocycles. The van der Waals surface area contributed by atoms with Crippen molar-refractivity contribution < 1.29 is 18.8 Å². The van der Waals surface area contributed by atoms with E-state index in [0.717, 1.165) is 23.9 Å². The standard InChI is InChI=1S/C14H14FNO3/c15-10-5-6-11-12(7-10)19-16-13(11)8-1-3-9(4-2-8)14(17)18/h5-9H,1-4H2,(H,17,18)/t8-,9-. The van der Waals surface area contributed by atoms with Gasteiger partial charge in [-0.05, 0) is 37.8 Å². The van der Waals surface area contributed by atoms with Crippen LogP contribution < -0.4 is 0 Å². The molecule has 0 radical (unpaired) electrons. The lowest BCUT2D eigenvalue weighted by atomic mass is 9.80. The molecule has 1 saturated carbocycles. The van der Waals surface area contributed by atoms with Crippen LogP contribution in [0.4, 0.5) is 4.39 Å². The highest BCUT2D eigenvalue weighted by molar-refractivity contribution is 5.80. The minimum Gasteiger partial charge on any atom is -0.481 e. The summed E-state index contributed by atoms with van der Waals surface area (Å²) in [5.74, 6) is -1.09. The van der Waals surface area contributed by atoms with Gasteiger partial charge in [0.25, 0.3) is 0 Å². The minimum atomic E-state index is -0.717. The van der Waals surface area contributed by atoms with Crippen LogP contribution in [-0.2, 0) is 4.79 Å². The lowest BCUT2D eigenvalue weighted by molar-refractivity contribution is -0.142. The molecule has 4 nitrogen and oxygen atoms in total. The van der Waals surface area contributed by atoms with Crippen molar-refractivity contribution in [1.82, 2.24) is 5.16 Å². The Labute approximate surface area is 109 Å². The second-order valence-electron chi connectivity index (χ2n) is 5.10. The molecule has 0 saturated heterocycles. The fourth-order valence-corrected chi connectivity index (χ4v) is 2.84. The quantitative estimate of drug-likeness (QED) is 0.902. The fourth-order valence-electron chi connectivity index (χ4n) is 2.84. The molecule has 3 rings (SSSR count). The van der Waals surface area contributed by atoms with Crippen molar-refractivity contribution in [3.63, 3.8) is 0 Å². The number of aliphatic carboxylic acids is 1. The number of carbonyl (C=O) groups is 1. The number of carboxylic acids is 1. The summed E-state index contributed by atoms with van der Waals surface area (Å²) in [6.45, 7) is 0. The van der Waals surface area contributed by atoms with Gasteiger partial charge in [0.15, 0.2) is 5.58 Å². The molecule has 0 atom stereocenters. The molecule has 0 spiro atoms. The van der Waals surface area contributed by atoms with Crippen LogP contribution >= 0.6 is 0 Å². The minimum absolute atomic E-state index is 0.210. The number of rotatable bonds is 2. The summed E-state index contributed by atoms with van der Waals surface area (Å²) in [5.41, 5.74) is 1.29. The molecule has 5 heteroatoms. The first-order chi connectivity index (χ1) is 9.15. The largest absolute Gasteiger partial charge is 0.481 e. The Morgan fingerprint density at radius 1 is 1.32 bits per heavy atom. The predicted octanol–water partition coefficient (Wildman–Crippen LogP) is 3.33. The Balaban J connectivity index is 1.84. The topological polar surface area (TPSA) is 63.3 Å². The number of fused-ring (bicyclic) bond motifs is 1. The van der Waals surface area contributed by atoms with Gasteiger partial charge in [-0.15, -0.1) is 0 Å². The van der Waals surface area contributed by atoms with E-state index in [1.165, 1.54) is 12.1 Å². The third-order valence-electron chi connectivity index (χ3n) is 3.93. The second kappa shape index (κ2) is 4.64. The third-order valence-corrected chi connectivity index (χ3v) is 3.93. The number of hydrogen-bond acceptors (Lipinski definition) is 3. The number of nitrogens with zero attached hydrogens (tertiary/aromatic N) is 1. The van der Waals surface area contributed by atoms with Gasteiger partial charge in [0.1, 0.15) is 5.82 Å². The normalized spacial score (nSPS) is 23.6. The van der Waals surface area contributed by atoms with Gasteiger partial charge in [0.2, 0.25) is 0 Å². The van der Waals surface area contributed by atoms with Crippen LogP contribution in [0.15, 0.2) is 22.7 Å². The Hall–Kier alpha value is -1.91. The monoisotopic (exact) mass is 263 g/mol. The third kappa shape index (κ3) is 2.20. The smallest absolute Gasteiger partial charge is 0.306 e. The van der Waals surface area contributed by atoms with E-state index in [9.17, 15) is 9.18 Å². The fraction of sp³-hybridized carbons (Fsp3) is 0.429. The summed E-state index contributed by atoms with van der Waals surface area (Å²) in [7, 11) is 0. The van der Waals surface area contributed by atoms with Gasteiger partial charge in [0, 0.05) is 17.4 Å². The van der Waals surface area contributed by atoms with E-state index in [-0.39, 0.29) is 17.7 Å². The highest BCUT2D eigenvalue weighted by Gasteiger charge is 2.29. The van der Waals surface area contributed by atoms with Crippen LogP contribution in [0.5, 0.6) is 0 Å². The van der Waals surface area contributed by atoms with E-state index in [4.69, 9.17) is 9.63 Å². The Morgan fingerprint density at radius 2 is 2.05 bits per heavy atom. The van der Waals surface area contributed by atoms with E-state index in [1.54, 1.807) is 6.07 Å². The van der Waals surface area contributed by atoms with Gasteiger partial charge < -0.3 is 9.63 Å². The van der Waals surface area contributed by atoms with Crippen LogP contribution in [-0.4, -0.2) is 16.2 Å². The van der Waals surface area contributed by atoms with Gasteiger partial charge >= 0.3 is 5.97 Å². The zero-order chi connectivity index (χ0) is 13.4. The number of benzene rings is 1. The summed E-state index contributed by atoms with van der Waals surface area (Å²) >= 11 is 0. The highest BCUT2D eigenvalue weighted by Crippen LogP contribution is 2.38. The number of aromatic nitrogens is 1. The van der Waals surface area contributed by atoms with Crippen LogP contribution in [0.2, 0.25) is 0 Å². The maximum atomic E-state index is 13.1. The van der Waals surface area contributed by atoms with Gasteiger partial charge in [-0.25, -0.2) is 4.39 Å². The Kier molecular flexibility index (Phi) is 2.97. The van der Waals surface area contributed by atoms with Gasteiger partial charge in [-0.1, -0.05) is 5.16 Å². The molecule has 1 aliphatic rings. The molecule has 19 heavy (non-hydrogen) atoms. The first-order valence-electron chi connectivity index (χ1n) is 6.43.